The third kappa shape index (κ3) is 2.33. The van der Waals surface area contributed by atoms with Gasteiger partial charge in [0, 0.05) is 0 Å². The van der Waals surface area contributed by atoms with E-state index in [9.17, 15) is 0 Å². The van der Waals surface area contributed by atoms with Gasteiger partial charge < -0.3 is 20.9 Å². The minimum Gasteiger partial charge on any atom is -0.494 e. The van der Waals surface area contributed by atoms with E-state index in [0.29, 0.717) is 23.7 Å². The molecule has 1 aromatic rings. The standard InChI is InChI=1S/C11H18N2O2/c1-7(6-12)8-4-9(14-2)11(13)10(5-8)15-3/h4-5,7H,6,12-13H2,1-3H3. The highest BCUT2D eigenvalue weighted by Crippen LogP contribution is 2.35. The molecule has 84 valence electrons. The summed E-state index contributed by atoms with van der Waals surface area (Å²) >= 11 is 0. The van der Waals surface area contributed by atoms with Crippen molar-refractivity contribution in [1.29, 1.82) is 0 Å². The second kappa shape index (κ2) is 4.89. The maximum Gasteiger partial charge on any atom is 0.145 e. The number of hydrogen-bond donors (Lipinski definition) is 2. The lowest BCUT2D eigenvalue weighted by atomic mass is 10.00. The fourth-order valence-electron chi connectivity index (χ4n) is 1.38. The van der Waals surface area contributed by atoms with E-state index >= 15 is 0 Å². The van der Waals surface area contributed by atoms with Crippen LogP contribution in [0.25, 0.3) is 0 Å². The summed E-state index contributed by atoms with van der Waals surface area (Å²) in [5.41, 5.74) is 13.0. The minimum atomic E-state index is 0.258. The van der Waals surface area contributed by atoms with Gasteiger partial charge >= 0.3 is 0 Å². The first kappa shape index (κ1) is 11.7. The summed E-state index contributed by atoms with van der Waals surface area (Å²) in [4.78, 5) is 0. The molecule has 0 radical (unpaired) electrons. The van der Waals surface area contributed by atoms with Crippen LogP contribution in [0.4, 0.5) is 5.69 Å². The van der Waals surface area contributed by atoms with E-state index in [-0.39, 0.29) is 5.92 Å². The van der Waals surface area contributed by atoms with Gasteiger partial charge in [-0.25, -0.2) is 0 Å². The van der Waals surface area contributed by atoms with E-state index in [2.05, 4.69) is 0 Å². The lowest BCUT2D eigenvalue weighted by molar-refractivity contribution is 0.397. The van der Waals surface area contributed by atoms with Gasteiger partial charge in [-0.3, -0.25) is 0 Å². The summed E-state index contributed by atoms with van der Waals surface area (Å²) in [5, 5.41) is 0. The van der Waals surface area contributed by atoms with Gasteiger partial charge in [-0.15, -0.1) is 0 Å². The molecule has 0 fully saturated rings. The SMILES string of the molecule is COc1cc(C(C)CN)cc(OC)c1N. The Hall–Kier alpha value is -1.42. The average Bonchev–Trinajstić information content (AvgIpc) is 2.28. The highest BCUT2D eigenvalue weighted by Gasteiger charge is 2.12. The first-order chi connectivity index (χ1) is 7.13. The van der Waals surface area contributed by atoms with Crippen molar-refractivity contribution in [2.75, 3.05) is 26.5 Å². The molecule has 15 heavy (non-hydrogen) atoms. The summed E-state index contributed by atoms with van der Waals surface area (Å²) in [5.74, 6) is 1.52. The molecule has 4 nitrogen and oxygen atoms in total. The van der Waals surface area contributed by atoms with Gasteiger partial charge in [-0.2, -0.15) is 0 Å². The van der Waals surface area contributed by atoms with Crippen molar-refractivity contribution in [2.24, 2.45) is 5.73 Å². The fourth-order valence-corrected chi connectivity index (χ4v) is 1.38. The molecule has 0 aliphatic rings. The van der Waals surface area contributed by atoms with Crippen LogP contribution in [0.2, 0.25) is 0 Å². The van der Waals surface area contributed by atoms with E-state index in [0.717, 1.165) is 5.56 Å². The van der Waals surface area contributed by atoms with Crippen molar-refractivity contribution >= 4 is 5.69 Å². The molecule has 4 heteroatoms. The second-order valence-electron chi connectivity index (χ2n) is 3.48. The number of benzene rings is 1. The maximum absolute atomic E-state index is 5.83. The third-order valence-corrected chi connectivity index (χ3v) is 2.49. The van der Waals surface area contributed by atoms with Gasteiger partial charge in [-0.1, -0.05) is 6.92 Å². The molecule has 0 spiro atoms. The zero-order valence-corrected chi connectivity index (χ0v) is 9.41. The van der Waals surface area contributed by atoms with Crippen molar-refractivity contribution < 1.29 is 9.47 Å². The molecule has 0 saturated heterocycles. The predicted octanol–water partition coefficient (Wildman–Crippen LogP) is 1.35. The van der Waals surface area contributed by atoms with Crippen molar-refractivity contribution in [3.63, 3.8) is 0 Å². The van der Waals surface area contributed by atoms with Crippen LogP contribution in [0.15, 0.2) is 12.1 Å². The minimum absolute atomic E-state index is 0.258. The first-order valence-corrected chi connectivity index (χ1v) is 4.85. The van der Waals surface area contributed by atoms with Crippen LogP contribution >= 0.6 is 0 Å². The zero-order valence-electron chi connectivity index (χ0n) is 9.41. The number of anilines is 1. The molecule has 1 atom stereocenters. The van der Waals surface area contributed by atoms with Gasteiger partial charge in [0.1, 0.15) is 17.2 Å². The third-order valence-electron chi connectivity index (χ3n) is 2.49. The van der Waals surface area contributed by atoms with Crippen molar-refractivity contribution in [3.8, 4) is 11.5 Å². The van der Waals surface area contributed by atoms with Crippen LogP contribution in [0.1, 0.15) is 18.4 Å². The van der Waals surface area contributed by atoms with E-state index in [4.69, 9.17) is 20.9 Å². The van der Waals surface area contributed by atoms with Gasteiger partial charge in [0.25, 0.3) is 0 Å². The molecule has 1 aromatic carbocycles. The van der Waals surface area contributed by atoms with E-state index in [1.54, 1.807) is 14.2 Å². The number of rotatable bonds is 4. The molecule has 0 heterocycles. The molecular weight excluding hydrogens is 192 g/mol. The summed E-state index contributed by atoms with van der Waals surface area (Å²) in [6.45, 7) is 2.63. The number of ether oxygens (including phenoxy) is 2. The fraction of sp³-hybridized carbons (Fsp3) is 0.455. The topological polar surface area (TPSA) is 70.5 Å². The second-order valence-corrected chi connectivity index (χ2v) is 3.48. The largest absolute Gasteiger partial charge is 0.494 e. The number of nitrogen functional groups attached to an aromatic ring is 1. The summed E-state index contributed by atoms with van der Waals surface area (Å²) in [6, 6.07) is 3.80. The van der Waals surface area contributed by atoms with Crippen molar-refractivity contribution in [3.05, 3.63) is 17.7 Å². The predicted molar refractivity (Wildman–Crippen MR) is 61.4 cm³/mol. The lowest BCUT2D eigenvalue weighted by Crippen LogP contribution is -2.09. The number of nitrogens with two attached hydrogens (primary N) is 2. The Kier molecular flexibility index (Phi) is 3.80. The lowest BCUT2D eigenvalue weighted by Gasteiger charge is -2.15. The Morgan fingerprint density at radius 3 is 2.00 bits per heavy atom. The molecule has 0 aliphatic heterocycles. The summed E-state index contributed by atoms with van der Waals surface area (Å²) in [6.07, 6.45) is 0. The summed E-state index contributed by atoms with van der Waals surface area (Å²) in [7, 11) is 3.17. The Morgan fingerprint density at radius 1 is 1.20 bits per heavy atom. The van der Waals surface area contributed by atoms with Crippen LogP contribution in [-0.2, 0) is 0 Å². The Balaban J connectivity index is 3.20. The van der Waals surface area contributed by atoms with E-state index in [1.165, 1.54) is 0 Å². The molecule has 0 aliphatic carbocycles. The summed E-state index contributed by atoms with van der Waals surface area (Å²) < 4.78 is 10.4. The van der Waals surface area contributed by atoms with Crippen molar-refractivity contribution in [2.45, 2.75) is 12.8 Å². The van der Waals surface area contributed by atoms with E-state index < -0.39 is 0 Å². The Bertz CT molecular complexity index is 314. The maximum atomic E-state index is 5.83. The molecule has 1 rings (SSSR count). The smallest absolute Gasteiger partial charge is 0.145 e. The number of hydrogen-bond acceptors (Lipinski definition) is 4. The molecular formula is C11H18N2O2. The van der Waals surface area contributed by atoms with Crippen LogP contribution in [0.5, 0.6) is 11.5 Å². The molecule has 4 N–H and O–H groups in total. The highest BCUT2D eigenvalue weighted by molar-refractivity contribution is 5.64. The molecule has 0 amide bonds. The van der Waals surface area contributed by atoms with Gasteiger partial charge in [0.05, 0.1) is 14.2 Å². The normalized spacial score (nSPS) is 12.3. The van der Waals surface area contributed by atoms with Gasteiger partial charge in [-0.05, 0) is 30.2 Å². The Morgan fingerprint density at radius 2 is 1.67 bits per heavy atom. The van der Waals surface area contributed by atoms with Crippen LogP contribution in [-0.4, -0.2) is 20.8 Å². The average molecular weight is 210 g/mol. The first-order valence-electron chi connectivity index (χ1n) is 4.85. The van der Waals surface area contributed by atoms with Crippen molar-refractivity contribution in [1.82, 2.24) is 0 Å². The molecule has 0 aromatic heterocycles. The quantitative estimate of drug-likeness (QED) is 0.736. The van der Waals surface area contributed by atoms with Crippen LogP contribution in [0, 0.1) is 0 Å². The monoisotopic (exact) mass is 210 g/mol. The molecule has 0 bridgehead atoms. The highest BCUT2D eigenvalue weighted by atomic mass is 16.5. The van der Waals surface area contributed by atoms with E-state index in [1.807, 2.05) is 19.1 Å². The molecule has 0 saturated carbocycles. The van der Waals surface area contributed by atoms with Crippen LogP contribution in [0.3, 0.4) is 0 Å². The van der Waals surface area contributed by atoms with Gasteiger partial charge in [0.15, 0.2) is 0 Å². The van der Waals surface area contributed by atoms with Gasteiger partial charge in [0.2, 0.25) is 0 Å². The zero-order chi connectivity index (χ0) is 11.4. The van der Waals surface area contributed by atoms with Crippen LogP contribution < -0.4 is 20.9 Å². The molecule has 1 unspecified atom stereocenters. The Labute approximate surface area is 90.2 Å². The number of methoxy groups -OCH3 is 2.